The third-order valence-corrected chi connectivity index (χ3v) is 5.85. The van der Waals surface area contributed by atoms with Gasteiger partial charge < -0.3 is 5.11 Å². The second-order valence-corrected chi connectivity index (χ2v) is 7.50. The van der Waals surface area contributed by atoms with Crippen LogP contribution in [0.25, 0.3) is 0 Å². The molecule has 9 heteroatoms. The summed E-state index contributed by atoms with van der Waals surface area (Å²) in [5.41, 5.74) is 0.718. The predicted octanol–water partition coefficient (Wildman–Crippen LogP) is 2.32. The second kappa shape index (κ2) is 4.91. The number of hydrogen-bond acceptors (Lipinski definition) is 6. The number of carboxylic acids is 1. The molecule has 2 N–H and O–H groups in total. The van der Waals surface area contributed by atoms with Crippen LogP contribution in [0.4, 0.5) is 5.13 Å². The number of aromatic carboxylic acids is 1. The van der Waals surface area contributed by atoms with Crippen LogP contribution in [0.1, 0.15) is 20.2 Å². The molecule has 0 aliphatic rings. The monoisotopic (exact) mass is 318 g/mol. The minimum atomic E-state index is -3.80. The zero-order valence-electron chi connectivity index (χ0n) is 10.00. The predicted molar refractivity (Wildman–Crippen MR) is 73.7 cm³/mol. The van der Waals surface area contributed by atoms with Gasteiger partial charge in [-0.15, -0.1) is 22.7 Å². The van der Waals surface area contributed by atoms with Crippen LogP contribution >= 0.6 is 22.7 Å². The molecular weight excluding hydrogens is 308 g/mol. The molecule has 0 atom stereocenters. The molecule has 0 fully saturated rings. The Labute approximate surface area is 117 Å². The van der Waals surface area contributed by atoms with Crippen molar-refractivity contribution in [2.75, 3.05) is 4.72 Å². The molecule has 0 radical (unpaired) electrons. The lowest BCUT2D eigenvalue weighted by molar-refractivity contribution is 0.0702. The number of rotatable bonds is 4. The van der Waals surface area contributed by atoms with E-state index in [9.17, 15) is 13.2 Å². The van der Waals surface area contributed by atoms with Crippen molar-refractivity contribution >= 4 is 43.8 Å². The van der Waals surface area contributed by atoms with E-state index >= 15 is 0 Å². The van der Waals surface area contributed by atoms with E-state index in [4.69, 9.17) is 5.11 Å². The molecule has 0 amide bonds. The Morgan fingerprint density at radius 3 is 2.58 bits per heavy atom. The van der Waals surface area contributed by atoms with E-state index in [1.54, 1.807) is 19.2 Å². The number of nitrogens with zero attached hydrogens (tertiary/aromatic N) is 1. The SMILES string of the molecule is Cc1csc(NS(=O)(=O)c2cc(C(=O)O)sc2C)n1. The summed E-state index contributed by atoms with van der Waals surface area (Å²) in [5.74, 6) is -1.14. The smallest absolute Gasteiger partial charge is 0.345 e. The number of nitrogens with one attached hydrogen (secondary N) is 1. The van der Waals surface area contributed by atoms with Crippen LogP contribution in [0, 0.1) is 13.8 Å². The molecule has 0 saturated heterocycles. The van der Waals surface area contributed by atoms with Crippen LogP contribution in [-0.4, -0.2) is 24.5 Å². The number of aromatic nitrogens is 1. The summed E-state index contributed by atoms with van der Waals surface area (Å²) in [6, 6.07) is 1.16. The lowest BCUT2D eigenvalue weighted by Gasteiger charge is -2.03. The van der Waals surface area contributed by atoms with E-state index in [0.717, 1.165) is 23.1 Å². The van der Waals surface area contributed by atoms with E-state index in [0.29, 0.717) is 4.88 Å². The Hall–Kier alpha value is -1.45. The first kappa shape index (κ1) is 14.0. The minimum Gasteiger partial charge on any atom is -0.477 e. The molecular formula is C10H10N2O4S3. The average molecular weight is 318 g/mol. The van der Waals surface area contributed by atoms with Gasteiger partial charge in [0.05, 0.1) is 5.69 Å². The third kappa shape index (κ3) is 2.94. The molecule has 2 rings (SSSR count). The summed E-state index contributed by atoms with van der Waals surface area (Å²) in [4.78, 5) is 15.2. The van der Waals surface area contributed by atoms with Crippen LogP contribution in [0.2, 0.25) is 0 Å². The number of carbonyl (C=O) groups is 1. The number of carboxylic acid groups (broad SMARTS) is 1. The lowest BCUT2D eigenvalue weighted by Crippen LogP contribution is -2.13. The van der Waals surface area contributed by atoms with Crippen molar-refractivity contribution in [1.29, 1.82) is 0 Å². The maximum Gasteiger partial charge on any atom is 0.345 e. The van der Waals surface area contributed by atoms with Crippen molar-refractivity contribution in [2.45, 2.75) is 18.7 Å². The van der Waals surface area contributed by atoms with Crippen LogP contribution in [0.3, 0.4) is 0 Å². The van der Waals surface area contributed by atoms with Gasteiger partial charge in [0.1, 0.15) is 9.77 Å². The lowest BCUT2D eigenvalue weighted by atomic mass is 10.4. The Bertz CT molecular complexity index is 730. The first-order valence-electron chi connectivity index (χ1n) is 5.08. The fourth-order valence-electron chi connectivity index (χ4n) is 1.41. The maximum absolute atomic E-state index is 12.1. The average Bonchev–Trinajstić information content (AvgIpc) is 2.85. The van der Waals surface area contributed by atoms with Gasteiger partial charge in [-0.3, -0.25) is 4.72 Å². The minimum absolute atomic E-state index is 0.00630. The summed E-state index contributed by atoms with van der Waals surface area (Å²) >= 11 is 2.11. The number of anilines is 1. The number of aryl methyl sites for hydroxylation is 2. The van der Waals surface area contributed by atoms with Crippen LogP contribution < -0.4 is 4.72 Å². The highest BCUT2D eigenvalue weighted by atomic mass is 32.2. The highest BCUT2D eigenvalue weighted by Gasteiger charge is 2.23. The molecule has 0 aliphatic carbocycles. The molecule has 2 aromatic rings. The molecule has 0 saturated carbocycles. The molecule has 102 valence electrons. The van der Waals surface area contributed by atoms with Crippen molar-refractivity contribution < 1.29 is 18.3 Å². The van der Waals surface area contributed by atoms with Crippen molar-refractivity contribution in [2.24, 2.45) is 0 Å². The van der Waals surface area contributed by atoms with E-state index < -0.39 is 16.0 Å². The molecule has 0 aromatic carbocycles. The Kier molecular flexibility index (Phi) is 3.61. The van der Waals surface area contributed by atoms with Crippen molar-refractivity contribution in [3.05, 3.63) is 26.9 Å². The number of thiazole rings is 1. The first-order valence-corrected chi connectivity index (χ1v) is 8.26. The van der Waals surface area contributed by atoms with E-state index in [1.165, 1.54) is 11.3 Å². The first-order chi connectivity index (χ1) is 8.79. The largest absolute Gasteiger partial charge is 0.477 e. The molecule has 0 bridgehead atoms. The highest BCUT2D eigenvalue weighted by molar-refractivity contribution is 7.93. The maximum atomic E-state index is 12.1. The molecule has 0 aliphatic heterocycles. The van der Waals surface area contributed by atoms with Gasteiger partial charge in [0.15, 0.2) is 5.13 Å². The molecule has 6 nitrogen and oxygen atoms in total. The topological polar surface area (TPSA) is 96.4 Å². The Morgan fingerprint density at radius 2 is 2.11 bits per heavy atom. The van der Waals surface area contributed by atoms with Crippen LogP contribution in [0.5, 0.6) is 0 Å². The quantitative estimate of drug-likeness (QED) is 0.902. The molecule has 19 heavy (non-hydrogen) atoms. The number of sulfonamides is 1. The van der Waals surface area contributed by atoms with Crippen molar-refractivity contribution in [1.82, 2.24) is 4.98 Å². The van der Waals surface area contributed by atoms with Crippen molar-refractivity contribution in [3.8, 4) is 0 Å². The van der Waals surface area contributed by atoms with Crippen LogP contribution in [-0.2, 0) is 10.0 Å². The summed E-state index contributed by atoms with van der Waals surface area (Å²) in [6.07, 6.45) is 0. The van der Waals surface area contributed by atoms with E-state index in [2.05, 4.69) is 9.71 Å². The summed E-state index contributed by atoms with van der Waals surface area (Å²) in [6.45, 7) is 3.32. The van der Waals surface area contributed by atoms with Crippen LogP contribution in [0.15, 0.2) is 16.3 Å². The fraction of sp³-hybridized carbons (Fsp3) is 0.200. The van der Waals surface area contributed by atoms with Gasteiger partial charge in [0.25, 0.3) is 10.0 Å². The van der Waals surface area contributed by atoms with Gasteiger partial charge in [-0.25, -0.2) is 18.2 Å². The summed E-state index contributed by atoms with van der Waals surface area (Å²) in [7, 11) is -3.80. The molecule has 0 unspecified atom stereocenters. The third-order valence-electron chi connectivity index (χ3n) is 2.21. The van der Waals surface area contributed by atoms with Crippen molar-refractivity contribution in [3.63, 3.8) is 0 Å². The number of hydrogen-bond donors (Lipinski definition) is 2. The number of thiophene rings is 1. The van der Waals surface area contributed by atoms with Gasteiger partial charge in [-0.1, -0.05) is 0 Å². The standard InChI is InChI=1S/C10H10N2O4S3/c1-5-4-17-10(11-5)12-19(15,16)8-3-7(9(13)14)18-6(8)2/h3-4H,1-2H3,(H,11,12)(H,13,14). The van der Waals surface area contributed by atoms with E-state index in [-0.39, 0.29) is 14.9 Å². The Balaban J connectivity index is 2.37. The summed E-state index contributed by atoms with van der Waals surface area (Å²) < 4.78 is 26.6. The second-order valence-electron chi connectivity index (χ2n) is 3.74. The summed E-state index contributed by atoms with van der Waals surface area (Å²) in [5, 5.41) is 10.9. The van der Waals surface area contributed by atoms with E-state index in [1.807, 2.05) is 0 Å². The molecule has 2 aromatic heterocycles. The Morgan fingerprint density at radius 1 is 1.42 bits per heavy atom. The highest BCUT2D eigenvalue weighted by Crippen LogP contribution is 2.28. The zero-order chi connectivity index (χ0) is 14.2. The molecule has 0 spiro atoms. The van der Waals surface area contributed by atoms with Gasteiger partial charge in [0, 0.05) is 10.3 Å². The van der Waals surface area contributed by atoms with Gasteiger partial charge in [0.2, 0.25) is 0 Å². The zero-order valence-corrected chi connectivity index (χ0v) is 12.4. The van der Waals surface area contributed by atoms with Gasteiger partial charge >= 0.3 is 5.97 Å². The van der Waals surface area contributed by atoms with Gasteiger partial charge in [-0.05, 0) is 19.9 Å². The van der Waals surface area contributed by atoms with Gasteiger partial charge in [-0.2, -0.15) is 0 Å². The fourth-order valence-corrected chi connectivity index (χ4v) is 4.78. The molecule has 2 heterocycles. The normalized spacial score (nSPS) is 11.5.